The van der Waals surface area contributed by atoms with Gasteiger partial charge in [0.1, 0.15) is 18.8 Å². The van der Waals surface area contributed by atoms with Crippen molar-refractivity contribution in [3.05, 3.63) is 109 Å². The summed E-state index contributed by atoms with van der Waals surface area (Å²) in [5.74, 6) is -3.32. The molecule has 0 aromatic carbocycles. The van der Waals surface area contributed by atoms with Crippen molar-refractivity contribution in [3.63, 3.8) is 0 Å². The molecule has 1 aliphatic heterocycles. The van der Waals surface area contributed by atoms with Crippen LogP contribution in [0.4, 0.5) is 0 Å². The van der Waals surface area contributed by atoms with Crippen molar-refractivity contribution in [1.29, 1.82) is 0 Å². The van der Waals surface area contributed by atoms with Crippen LogP contribution in [0.15, 0.2) is 109 Å². The molecular weight excluding hydrogens is 949 g/mol. The summed E-state index contributed by atoms with van der Waals surface area (Å²) in [6.07, 6.45) is 55.1. The van der Waals surface area contributed by atoms with E-state index in [0.29, 0.717) is 19.3 Å². The van der Waals surface area contributed by atoms with E-state index in [0.717, 1.165) is 96.3 Å². The van der Waals surface area contributed by atoms with Gasteiger partial charge in [0.05, 0.1) is 13.0 Å². The number of hydrogen-bond acceptors (Lipinski definition) is 11. The molecule has 0 aromatic rings. The van der Waals surface area contributed by atoms with Gasteiger partial charge >= 0.3 is 23.9 Å². The van der Waals surface area contributed by atoms with Crippen molar-refractivity contribution in [2.24, 2.45) is 0 Å². The molecule has 0 bridgehead atoms. The summed E-state index contributed by atoms with van der Waals surface area (Å²) in [6, 6.07) is 0. The first-order chi connectivity index (χ1) is 36.6. The largest absolute Gasteiger partial charge is 0.479 e. The summed E-state index contributed by atoms with van der Waals surface area (Å²) in [5.41, 5.74) is 0. The Labute approximate surface area is 453 Å². The van der Waals surface area contributed by atoms with E-state index in [-0.39, 0.29) is 25.9 Å². The monoisotopic (exact) mass is 1050 g/mol. The third-order valence-electron chi connectivity index (χ3n) is 12.4. The first-order valence-corrected chi connectivity index (χ1v) is 28.9. The number of aliphatic carboxylic acids is 1. The number of carbonyl (C=O) groups excluding carboxylic acids is 3. The van der Waals surface area contributed by atoms with Crippen LogP contribution in [0.5, 0.6) is 0 Å². The number of aliphatic hydroxyl groups is 2. The van der Waals surface area contributed by atoms with Gasteiger partial charge in [-0.1, -0.05) is 220 Å². The molecular formula is C63H100O12. The van der Waals surface area contributed by atoms with Gasteiger partial charge in [-0.2, -0.15) is 0 Å². The number of ether oxygens (including phenoxy) is 5. The van der Waals surface area contributed by atoms with Crippen molar-refractivity contribution in [2.75, 3.05) is 13.2 Å². The molecule has 0 aliphatic carbocycles. The van der Waals surface area contributed by atoms with Crippen LogP contribution in [0, 0.1) is 0 Å². The molecule has 12 nitrogen and oxygen atoms in total. The molecule has 6 atom stereocenters. The maximum absolute atomic E-state index is 13.1. The molecule has 75 heavy (non-hydrogen) atoms. The average Bonchev–Trinajstić information content (AvgIpc) is 3.39. The molecule has 424 valence electrons. The van der Waals surface area contributed by atoms with Crippen LogP contribution in [-0.2, 0) is 42.9 Å². The Morgan fingerprint density at radius 2 is 0.880 bits per heavy atom. The number of allylic oxidation sites excluding steroid dienone is 17. The van der Waals surface area contributed by atoms with Crippen molar-refractivity contribution in [3.8, 4) is 0 Å². The first-order valence-electron chi connectivity index (χ1n) is 28.9. The van der Waals surface area contributed by atoms with Crippen LogP contribution < -0.4 is 0 Å². The topological polar surface area (TPSA) is 175 Å². The van der Waals surface area contributed by atoms with Gasteiger partial charge in [-0.05, 0) is 83.5 Å². The highest BCUT2D eigenvalue weighted by Gasteiger charge is 2.50. The van der Waals surface area contributed by atoms with Crippen LogP contribution in [0.25, 0.3) is 0 Å². The maximum atomic E-state index is 13.1. The van der Waals surface area contributed by atoms with Gasteiger partial charge < -0.3 is 39.0 Å². The molecule has 6 unspecified atom stereocenters. The number of rotatable bonds is 47. The van der Waals surface area contributed by atoms with E-state index in [9.17, 15) is 34.5 Å². The third kappa shape index (κ3) is 40.3. The van der Waals surface area contributed by atoms with E-state index in [1.807, 2.05) is 12.2 Å². The predicted octanol–water partition coefficient (Wildman–Crippen LogP) is 14.7. The van der Waals surface area contributed by atoms with Gasteiger partial charge in [0.2, 0.25) is 0 Å². The quantitative estimate of drug-likeness (QED) is 0.0228. The molecule has 0 radical (unpaired) electrons. The minimum absolute atomic E-state index is 0.144. The van der Waals surface area contributed by atoms with Crippen molar-refractivity contribution >= 4 is 23.9 Å². The van der Waals surface area contributed by atoms with Gasteiger partial charge in [0.15, 0.2) is 24.6 Å². The second-order valence-electron chi connectivity index (χ2n) is 19.2. The number of carboxylic acid groups (broad SMARTS) is 1. The van der Waals surface area contributed by atoms with Gasteiger partial charge in [-0.3, -0.25) is 14.4 Å². The fourth-order valence-electron chi connectivity index (χ4n) is 8.02. The Bertz CT molecular complexity index is 1720. The van der Waals surface area contributed by atoms with Crippen molar-refractivity contribution < 1.29 is 58.2 Å². The van der Waals surface area contributed by atoms with Gasteiger partial charge in [0.25, 0.3) is 0 Å². The average molecular weight is 1050 g/mol. The van der Waals surface area contributed by atoms with Crippen LogP contribution >= 0.6 is 0 Å². The van der Waals surface area contributed by atoms with Crippen LogP contribution in [0.2, 0.25) is 0 Å². The molecule has 1 aliphatic rings. The Balaban J connectivity index is 2.77. The summed E-state index contributed by atoms with van der Waals surface area (Å²) >= 11 is 0. The number of hydrogen-bond donors (Lipinski definition) is 3. The lowest BCUT2D eigenvalue weighted by Gasteiger charge is -2.40. The SMILES string of the molecule is CC/C=C\C/C=C\C/C=C\C/C=C\C/C=C\CC(=O)OC1C(OCC(COC(=O)CCCCCC/C=C\C/C=C\C/C=C\C/C=C\CC)OC(=O)CCCCCCCCCCCCCCC)OC(C(=O)O)C(O)C1O. The van der Waals surface area contributed by atoms with Crippen LogP contribution in [-0.4, -0.2) is 89.2 Å². The zero-order valence-corrected chi connectivity index (χ0v) is 46.5. The number of carboxylic acids is 1. The fraction of sp³-hybridized carbons (Fsp3) is 0.651. The summed E-state index contributed by atoms with van der Waals surface area (Å²) in [5, 5.41) is 31.4. The van der Waals surface area contributed by atoms with Crippen LogP contribution in [0.1, 0.15) is 213 Å². The molecule has 0 aromatic heterocycles. The molecule has 0 saturated carbocycles. The van der Waals surface area contributed by atoms with Gasteiger partial charge in [-0.25, -0.2) is 4.79 Å². The Kier molecular flexibility index (Phi) is 45.8. The van der Waals surface area contributed by atoms with Gasteiger partial charge in [0, 0.05) is 12.8 Å². The first kappa shape index (κ1) is 68.4. The molecule has 12 heteroatoms. The van der Waals surface area contributed by atoms with Gasteiger partial charge in [-0.15, -0.1) is 0 Å². The number of carbonyl (C=O) groups is 4. The molecule has 0 amide bonds. The van der Waals surface area contributed by atoms with Crippen molar-refractivity contribution in [2.45, 2.75) is 250 Å². The van der Waals surface area contributed by atoms with E-state index >= 15 is 0 Å². The van der Waals surface area contributed by atoms with Crippen molar-refractivity contribution in [1.82, 2.24) is 0 Å². The zero-order chi connectivity index (χ0) is 54.7. The lowest BCUT2D eigenvalue weighted by atomic mass is 9.98. The zero-order valence-electron chi connectivity index (χ0n) is 46.5. The molecule has 1 fully saturated rings. The standard InChI is InChI=1S/C63H100O12/c1-4-7-10-13-16-19-22-25-27-28-30-32-34-37-40-43-46-49-55(64)71-52-54(73-56(65)50-47-44-41-38-35-31-24-21-18-15-12-9-6-3)53-72-63-61(59(68)58(67)60(75-63)62(69)70)74-57(66)51-48-45-42-39-36-33-29-26-23-20-17-14-11-8-5-2/h7-8,10-11,16-17,19-20,25-27,29-30,32,36,39,45,48,54,58-61,63,67-68H,4-6,9,12-15,18,21-24,28,31,33-35,37-38,40-44,46-47,49-53H2,1-3H3,(H,69,70)/b10-7-,11-8-,19-16-,20-17-,27-25-,29-26-,32-30-,39-36-,48-45-. The van der Waals surface area contributed by atoms with E-state index in [2.05, 4.69) is 106 Å². The smallest absolute Gasteiger partial charge is 0.335 e. The van der Waals surface area contributed by atoms with E-state index in [1.165, 1.54) is 57.8 Å². The number of aliphatic hydroxyl groups excluding tert-OH is 2. The molecule has 1 saturated heterocycles. The highest BCUT2D eigenvalue weighted by molar-refractivity contribution is 5.74. The maximum Gasteiger partial charge on any atom is 0.335 e. The lowest BCUT2D eigenvalue weighted by molar-refractivity contribution is -0.301. The summed E-state index contributed by atoms with van der Waals surface area (Å²) in [4.78, 5) is 51.0. The lowest BCUT2D eigenvalue weighted by Crippen LogP contribution is -2.61. The Morgan fingerprint density at radius 3 is 1.35 bits per heavy atom. The predicted molar refractivity (Wildman–Crippen MR) is 303 cm³/mol. The minimum atomic E-state index is -1.94. The highest BCUT2D eigenvalue weighted by Crippen LogP contribution is 2.26. The summed E-state index contributed by atoms with van der Waals surface area (Å²) in [7, 11) is 0. The molecule has 3 N–H and O–H groups in total. The minimum Gasteiger partial charge on any atom is -0.479 e. The van der Waals surface area contributed by atoms with E-state index < -0.39 is 67.3 Å². The molecule has 1 rings (SSSR count). The third-order valence-corrected chi connectivity index (χ3v) is 12.4. The highest BCUT2D eigenvalue weighted by atomic mass is 16.7. The van der Waals surface area contributed by atoms with Crippen LogP contribution in [0.3, 0.4) is 0 Å². The van der Waals surface area contributed by atoms with E-state index in [4.69, 9.17) is 23.7 Å². The Morgan fingerprint density at radius 1 is 0.467 bits per heavy atom. The van der Waals surface area contributed by atoms with E-state index in [1.54, 1.807) is 12.2 Å². The number of esters is 3. The fourth-order valence-corrected chi connectivity index (χ4v) is 8.02. The summed E-state index contributed by atoms with van der Waals surface area (Å²) < 4.78 is 28.2. The summed E-state index contributed by atoms with van der Waals surface area (Å²) in [6.45, 7) is 5.69. The number of unbranched alkanes of at least 4 members (excludes halogenated alkanes) is 16. The second kappa shape index (κ2) is 50.2. The molecule has 0 spiro atoms. The second-order valence-corrected chi connectivity index (χ2v) is 19.2. The molecule has 1 heterocycles. The Hall–Kier alpha value is -4.62. The normalized spacial score (nSPS) is 19.0.